The summed E-state index contributed by atoms with van der Waals surface area (Å²) in [7, 11) is 0. The van der Waals surface area contributed by atoms with E-state index in [9.17, 15) is 4.79 Å². The first kappa shape index (κ1) is 9.26. The van der Waals surface area contributed by atoms with Crippen LogP contribution in [0.3, 0.4) is 0 Å². The van der Waals surface area contributed by atoms with Crippen molar-refractivity contribution in [2.24, 2.45) is 0 Å². The maximum absolute atomic E-state index is 10.7. The van der Waals surface area contributed by atoms with Gasteiger partial charge in [0, 0.05) is 24.2 Å². The maximum atomic E-state index is 10.7. The van der Waals surface area contributed by atoms with Crippen LogP contribution in [0.15, 0.2) is 36.8 Å². The average molecular weight is 201 g/mol. The predicted octanol–water partition coefficient (Wildman–Crippen LogP) is 1.24. The molecule has 5 nitrogen and oxygen atoms in total. The third-order valence-electron chi connectivity index (χ3n) is 1.79. The van der Waals surface area contributed by atoms with Crippen LogP contribution < -0.4 is 0 Å². The Morgan fingerprint density at radius 1 is 1.27 bits per heavy atom. The summed E-state index contributed by atoms with van der Waals surface area (Å²) < 4.78 is 0. The van der Waals surface area contributed by atoms with Gasteiger partial charge in [0.2, 0.25) is 0 Å². The topological polar surface area (TPSA) is 76.0 Å². The smallest absolute Gasteiger partial charge is 0.354 e. The van der Waals surface area contributed by atoms with E-state index in [4.69, 9.17) is 5.11 Å². The molecule has 0 radical (unpaired) electrons. The number of carboxylic acids is 1. The second kappa shape index (κ2) is 3.83. The SMILES string of the molecule is O=C(O)c1ccnc(-c2cccnc2)n1. The summed E-state index contributed by atoms with van der Waals surface area (Å²) >= 11 is 0. The lowest BCUT2D eigenvalue weighted by atomic mass is 10.2. The van der Waals surface area contributed by atoms with E-state index in [1.165, 1.54) is 12.3 Å². The van der Waals surface area contributed by atoms with Crippen LogP contribution in [-0.4, -0.2) is 26.0 Å². The summed E-state index contributed by atoms with van der Waals surface area (Å²) in [5, 5.41) is 8.75. The molecule has 74 valence electrons. The first-order chi connectivity index (χ1) is 7.27. The average Bonchev–Trinajstić information content (AvgIpc) is 2.30. The summed E-state index contributed by atoms with van der Waals surface area (Å²) in [4.78, 5) is 22.5. The molecule has 0 aromatic carbocycles. The van der Waals surface area contributed by atoms with Crippen molar-refractivity contribution in [2.75, 3.05) is 0 Å². The highest BCUT2D eigenvalue weighted by atomic mass is 16.4. The highest BCUT2D eigenvalue weighted by molar-refractivity contribution is 5.85. The quantitative estimate of drug-likeness (QED) is 0.790. The summed E-state index contributed by atoms with van der Waals surface area (Å²) in [5.41, 5.74) is 0.671. The molecule has 0 amide bonds. The molecule has 0 spiro atoms. The van der Waals surface area contributed by atoms with Gasteiger partial charge in [-0.05, 0) is 18.2 Å². The zero-order chi connectivity index (χ0) is 10.7. The van der Waals surface area contributed by atoms with Crippen LogP contribution in [0.5, 0.6) is 0 Å². The molecule has 15 heavy (non-hydrogen) atoms. The summed E-state index contributed by atoms with van der Waals surface area (Å²) in [5.74, 6) is -0.703. The first-order valence-electron chi connectivity index (χ1n) is 4.24. The van der Waals surface area contributed by atoms with E-state index in [0.717, 1.165) is 0 Å². The molecule has 0 unspecified atom stereocenters. The van der Waals surface area contributed by atoms with Crippen molar-refractivity contribution in [1.82, 2.24) is 15.0 Å². The molecular formula is C10H7N3O2. The lowest BCUT2D eigenvalue weighted by Crippen LogP contribution is -2.02. The molecule has 2 aromatic heterocycles. The molecule has 0 aliphatic carbocycles. The Morgan fingerprint density at radius 3 is 2.80 bits per heavy atom. The van der Waals surface area contributed by atoms with Crippen molar-refractivity contribution in [3.05, 3.63) is 42.5 Å². The van der Waals surface area contributed by atoms with Gasteiger partial charge in [0.05, 0.1) is 0 Å². The number of hydrogen-bond acceptors (Lipinski definition) is 4. The van der Waals surface area contributed by atoms with E-state index in [0.29, 0.717) is 11.4 Å². The Bertz CT molecular complexity index is 485. The second-order valence-electron chi connectivity index (χ2n) is 2.81. The molecule has 1 N–H and O–H groups in total. The predicted molar refractivity (Wildman–Crippen MR) is 52.2 cm³/mol. The molecule has 0 bridgehead atoms. The lowest BCUT2D eigenvalue weighted by Gasteiger charge is -1.99. The Balaban J connectivity index is 2.46. The third-order valence-corrected chi connectivity index (χ3v) is 1.79. The van der Waals surface area contributed by atoms with Crippen molar-refractivity contribution in [3.8, 4) is 11.4 Å². The van der Waals surface area contributed by atoms with Crippen LogP contribution in [0.2, 0.25) is 0 Å². The third kappa shape index (κ3) is 1.96. The maximum Gasteiger partial charge on any atom is 0.354 e. The molecule has 2 aromatic rings. The van der Waals surface area contributed by atoms with Crippen LogP contribution in [-0.2, 0) is 0 Å². The number of rotatable bonds is 2. The number of aromatic nitrogens is 3. The highest BCUT2D eigenvalue weighted by Gasteiger charge is 2.07. The minimum Gasteiger partial charge on any atom is -0.477 e. The van der Waals surface area contributed by atoms with Crippen LogP contribution in [0, 0.1) is 0 Å². The molecule has 0 saturated carbocycles. The molecule has 0 aliphatic heterocycles. The van der Waals surface area contributed by atoms with Crippen molar-refractivity contribution in [1.29, 1.82) is 0 Å². The van der Waals surface area contributed by atoms with Crippen molar-refractivity contribution >= 4 is 5.97 Å². The van der Waals surface area contributed by atoms with Gasteiger partial charge in [0.1, 0.15) is 0 Å². The zero-order valence-electron chi connectivity index (χ0n) is 7.66. The molecule has 0 atom stereocenters. The van der Waals surface area contributed by atoms with Gasteiger partial charge < -0.3 is 5.11 Å². The van der Waals surface area contributed by atoms with E-state index < -0.39 is 5.97 Å². The first-order valence-corrected chi connectivity index (χ1v) is 4.24. The Kier molecular flexibility index (Phi) is 2.37. The molecule has 5 heteroatoms. The van der Waals surface area contributed by atoms with Crippen molar-refractivity contribution < 1.29 is 9.90 Å². The van der Waals surface area contributed by atoms with E-state index >= 15 is 0 Å². The van der Waals surface area contributed by atoms with E-state index in [1.807, 2.05) is 0 Å². The number of pyridine rings is 1. The van der Waals surface area contributed by atoms with Gasteiger partial charge in [-0.25, -0.2) is 14.8 Å². The molecular weight excluding hydrogens is 194 g/mol. The minimum absolute atomic E-state index is 0.0242. The van der Waals surface area contributed by atoms with Gasteiger partial charge in [-0.2, -0.15) is 0 Å². The van der Waals surface area contributed by atoms with Crippen LogP contribution >= 0.6 is 0 Å². The van der Waals surface area contributed by atoms with Gasteiger partial charge in [0.15, 0.2) is 11.5 Å². The monoisotopic (exact) mass is 201 g/mol. The Labute approximate surface area is 85.5 Å². The summed E-state index contributed by atoms with van der Waals surface area (Å²) in [6, 6.07) is 4.86. The molecule has 0 fully saturated rings. The lowest BCUT2D eigenvalue weighted by molar-refractivity contribution is 0.0690. The Hall–Kier alpha value is -2.30. The molecule has 0 saturated heterocycles. The van der Waals surface area contributed by atoms with Gasteiger partial charge in [-0.3, -0.25) is 4.98 Å². The van der Waals surface area contributed by atoms with Gasteiger partial charge in [0.25, 0.3) is 0 Å². The number of carboxylic acid groups (broad SMARTS) is 1. The highest BCUT2D eigenvalue weighted by Crippen LogP contribution is 2.12. The van der Waals surface area contributed by atoms with E-state index in [-0.39, 0.29) is 5.69 Å². The standard InChI is InChI=1S/C10H7N3O2/c14-10(15)8-3-5-12-9(13-8)7-2-1-4-11-6-7/h1-6H,(H,14,15). The van der Waals surface area contributed by atoms with E-state index in [2.05, 4.69) is 15.0 Å². The molecule has 2 heterocycles. The Morgan fingerprint density at radius 2 is 2.13 bits per heavy atom. The van der Waals surface area contributed by atoms with Crippen LogP contribution in [0.4, 0.5) is 0 Å². The van der Waals surface area contributed by atoms with Gasteiger partial charge >= 0.3 is 5.97 Å². The summed E-state index contributed by atoms with van der Waals surface area (Å²) in [6.45, 7) is 0. The van der Waals surface area contributed by atoms with Gasteiger partial charge in [-0.15, -0.1) is 0 Å². The fraction of sp³-hybridized carbons (Fsp3) is 0. The van der Waals surface area contributed by atoms with Crippen LogP contribution in [0.1, 0.15) is 10.5 Å². The second-order valence-corrected chi connectivity index (χ2v) is 2.81. The number of carbonyl (C=O) groups is 1. The largest absolute Gasteiger partial charge is 0.477 e. The van der Waals surface area contributed by atoms with Crippen LogP contribution in [0.25, 0.3) is 11.4 Å². The number of hydrogen-bond donors (Lipinski definition) is 1. The van der Waals surface area contributed by atoms with E-state index in [1.54, 1.807) is 24.5 Å². The molecule has 0 aliphatic rings. The normalized spacial score (nSPS) is 9.87. The summed E-state index contributed by atoms with van der Waals surface area (Å²) in [6.07, 6.45) is 4.63. The van der Waals surface area contributed by atoms with Crippen molar-refractivity contribution in [2.45, 2.75) is 0 Å². The fourth-order valence-electron chi connectivity index (χ4n) is 1.11. The van der Waals surface area contributed by atoms with Gasteiger partial charge in [-0.1, -0.05) is 0 Å². The zero-order valence-corrected chi connectivity index (χ0v) is 7.66. The van der Waals surface area contributed by atoms with Crippen molar-refractivity contribution in [3.63, 3.8) is 0 Å². The fourth-order valence-corrected chi connectivity index (χ4v) is 1.11. The molecule has 2 rings (SSSR count). The number of nitrogens with zero attached hydrogens (tertiary/aromatic N) is 3. The minimum atomic E-state index is -1.07. The number of aromatic carboxylic acids is 1.